The van der Waals surface area contributed by atoms with Crippen molar-refractivity contribution in [3.05, 3.63) is 54.1 Å². The summed E-state index contributed by atoms with van der Waals surface area (Å²) in [6.07, 6.45) is -0.894. The van der Waals surface area contributed by atoms with Gasteiger partial charge in [-0.1, -0.05) is 62.9 Å². The van der Waals surface area contributed by atoms with Crippen molar-refractivity contribution in [2.75, 3.05) is 25.6 Å². The maximum absolute atomic E-state index is 13.7. The van der Waals surface area contributed by atoms with Gasteiger partial charge in [0.25, 0.3) is 0 Å². The standard InChI is InChI=1S/C27H36N2O7S2/c1-18(2)14-29(38(33,34)22-10-11-25-26(13-22)36-17-35-25)15-24(31)23(12-21-8-6-5-7-9-21)28-27(32)19(3)16-37-20(4)30/h5-11,13,18-19,23-24,31H,12,14-17H2,1-4H3,(H,28,32)/t19-,23+,24-/m1/s1. The Kier molecular flexibility index (Phi) is 10.6. The highest BCUT2D eigenvalue weighted by Crippen LogP contribution is 2.35. The molecule has 3 rings (SSSR count). The van der Waals surface area contributed by atoms with E-state index in [0.29, 0.717) is 23.7 Å². The van der Waals surface area contributed by atoms with E-state index in [1.165, 1.54) is 23.4 Å². The Labute approximate surface area is 228 Å². The number of aliphatic hydroxyl groups is 1. The highest BCUT2D eigenvalue weighted by atomic mass is 32.2. The van der Waals surface area contributed by atoms with Crippen LogP contribution in [0.25, 0.3) is 0 Å². The van der Waals surface area contributed by atoms with E-state index in [1.807, 2.05) is 44.2 Å². The Bertz CT molecular complexity index is 1210. The van der Waals surface area contributed by atoms with E-state index in [1.54, 1.807) is 13.0 Å². The van der Waals surface area contributed by atoms with Crippen molar-refractivity contribution < 1.29 is 32.6 Å². The number of nitrogens with one attached hydrogen (secondary N) is 1. The van der Waals surface area contributed by atoms with Crippen molar-refractivity contribution in [2.45, 2.75) is 51.2 Å². The lowest BCUT2D eigenvalue weighted by Crippen LogP contribution is -2.52. The zero-order chi connectivity index (χ0) is 27.9. The van der Waals surface area contributed by atoms with Gasteiger partial charge in [-0.25, -0.2) is 8.42 Å². The molecule has 0 bridgehead atoms. The summed E-state index contributed by atoms with van der Waals surface area (Å²) >= 11 is 1.07. The van der Waals surface area contributed by atoms with Crippen LogP contribution >= 0.6 is 11.8 Å². The molecule has 11 heteroatoms. The van der Waals surface area contributed by atoms with Crippen LogP contribution in [0.5, 0.6) is 11.5 Å². The van der Waals surface area contributed by atoms with Crippen molar-refractivity contribution in [3.63, 3.8) is 0 Å². The average molecular weight is 565 g/mol. The molecule has 1 aliphatic rings. The third-order valence-corrected chi connectivity index (χ3v) is 8.92. The number of sulfonamides is 1. The summed E-state index contributed by atoms with van der Waals surface area (Å²) < 4.78 is 39.2. The third-order valence-electron chi connectivity index (χ3n) is 6.02. The highest BCUT2D eigenvalue weighted by Gasteiger charge is 2.33. The van der Waals surface area contributed by atoms with E-state index in [2.05, 4.69) is 5.32 Å². The third kappa shape index (κ3) is 8.20. The second kappa shape index (κ2) is 13.5. The van der Waals surface area contributed by atoms with E-state index in [0.717, 1.165) is 17.3 Å². The first-order valence-electron chi connectivity index (χ1n) is 12.5. The van der Waals surface area contributed by atoms with Crippen LogP contribution in [0.1, 0.15) is 33.3 Å². The Morgan fingerprint density at radius 1 is 1.05 bits per heavy atom. The van der Waals surface area contributed by atoms with E-state index in [-0.39, 0.29) is 41.7 Å². The number of benzene rings is 2. The van der Waals surface area contributed by atoms with Crippen molar-refractivity contribution in [2.24, 2.45) is 11.8 Å². The zero-order valence-electron chi connectivity index (χ0n) is 22.1. The molecule has 0 saturated carbocycles. The molecule has 0 spiro atoms. The van der Waals surface area contributed by atoms with Gasteiger partial charge in [-0.15, -0.1) is 0 Å². The number of nitrogens with zero attached hydrogens (tertiary/aromatic N) is 1. The summed E-state index contributed by atoms with van der Waals surface area (Å²) in [4.78, 5) is 24.3. The van der Waals surface area contributed by atoms with Crippen LogP contribution in [-0.2, 0) is 26.0 Å². The van der Waals surface area contributed by atoms with Crippen molar-refractivity contribution in [1.29, 1.82) is 0 Å². The van der Waals surface area contributed by atoms with Crippen LogP contribution in [-0.4, -0.2) is 66.6 Å². The van der Waals surface area contributed by atoms with E-state index in [9.17, 15) is 23.1 Å². The number of amides is 1. The second-order valence-corrected chi connectivity index (χ2v) is 12.9. The lowest BCUT2D eigenvalue weighted by molar-refractivity contribution is -0.125. The Hall–Kier alpha value is -2.60. The summed E-state index contributed by atoms with van der Waals surface area (Å²) in [5, 5.41) is 14.2. The fraction of sp³-hybridized carbons (Fsp3) is 0.481. The molecule has 0 unspecified atom stereocenters. The average Bonchev–Trinajstić information content (AvgIpc) is 3.34. The predicted molar refractivity (Wildman–Crippen MR) is 147 cm³/mol. The summed E-state index contributed by atoms with van der Waals surface area (Å²) in [6, 6.07) is 13.1. The van der Waals surface area contributed by atoms with Crippen LogP contribution in [0.3, 0.4) is 0 Å². The Morgan fingerprint density at radius 2 is 1.74 bits per heavy atom. The Balaban J connectivity index is 1.83. The monoisotopic (exact) mass is 564 g/mol. The second-order valence-electron chi connectivity index (χ2n) is 9.81. The van der Waals surface area contributed by atoms with Gasteiger partial charge >= 0.3 is 0 Å². The van der Waals surface area contributed by atoms with Gasteiger partial charge in [0.1, 0.15) is 0 Å². The molecular formula is C27H36N2O7S2. The number of carbonyl (C=O) groups excluding carboxylic acids is 2. The molecule has 1 heterocycles. The largest absolute Gasteiger partial charge is 0.454 e. The fourth-order valence-electron chi connectivity index (χ4n) is 3.99. The smallest absolute Gasteiger partial charge is 0.243 e. The Morgan fingerprint density at radius 3 is 2.39 bits per heavy atom. The molecule has 3 atom stereocenters. The topological polar surface area (TPSA) is 122 Å². The number of aliphatic hydroxyl groups excluding tert-OH is 1. The normalized spacial score (nSPS) is 15.3. The maximum atomic E-state index is 13.7. The van der Waals surface area contributed by atoms with Gasteiger partial charge in [-0.3, -0.25) is 9.59 Å². The molecule has 0 saturated heterocycles. The molecule has 208 valence electrons. The molecule has 0 aliphatic carbocycles. The van der Waals surface area contributed by atoms with Gasteiger partial charge in [-0.2, -0.15) is 4.31 Å². The van der Waals surface area contributed by atoms with Crippen LogP contribution in [0.15, 0.2) is 53.4 Å². The summed E-state index contributed by atoms with van der Waals surface area (Å²) in [5.74, 6) is 0.334. The van der Waals surface area contributed by atoms with Crippen LogP contribution < -0.4 is 14.8 Å². The lowest BCUT2D eigenvalue weighted by atomic mass is 10.00. The van der Waals surface area contributed by atoms with Crippen molar-refractivity contribution >= 4 is 32.8 Å². The number of ether oxygens (including phenoxy) is 2. The number of fused-ring (bicyclic) bond motifs is 1. The molecule has 2 N–H and O–H groups in total. The van der Waals surface area contributed by atoms with E-state index >= 15 is 0 Å². The quantitative estimate of drug-likeness (QED) is 0.381. The maximum Gasteiger partial charge on any atom is 0.243 e. The number of hydrogen-bond acceptors (Lipinski definition) is 8. The molecule has 2 aromatic rings. The molecule has 38 heavy (non-hydrogen) atoms. The van der Waals surface area contributed by atoms with Crippen LogP contribution in [0, 0.1) is 11.8 Å². The first-order chi connectivity index (χ1) is 18.0. The summed E-state index contributed by atoms with van der Waals surface area (Å²) in [7, 11) is -4.00. The number of rotatable bonds is 13. The minimum absolute atomic E-state index is 0.0169. The van der Waals surface area contributed by atoms with Gasteiger partial charge in [-0.05, 0) is 30.0 Å². The molecule has 0 radical (unpaired) electrons. The van der Waals surface area contributed by atoms with Crippen LogP contribution in [0.4, 0.5) is 0 Å². The van der Waals surface area contributed by atoms with Gasteiger partial charge < -0.3 is 19.9 Å². The summed E-state index contributed by atoms with van der Waals surface area (Å²) in [5.41, 5.74) is 0.886. The number of carbonyl (C=O) groups is 2. The molecule has 0 aromatic heterocycles. The molecule has 1 amide bonds. The highest BCUT2D eigenvalue weighted by molar-refractivity contribution is 8.13. The lowest BCUT2D eigenvalue weighted by Gasteiger charge is -2.31. The van der Waals surface area contributed by atoms with Crippen molar-refractivity contribution in [1.82, 2.24) is 9.62 Å². The predicted octanol–water partition coefficient (Wildman–Crippen LogP) is 3.07. The van der Waals surface area contributed by atoms with E-state index in [4.69, 9.17) is 9.47 Å². The number of hydrogen-bond donors (Lipinski definition) is 2. The molecule has 0 fully saturated rings. The van der Waals surface area contributed by atoms with Gasteiger partial charge in [0, 0.05) is 37.8 Å². The number of thioether (sulfide) groups is 1. The molecule has 2 aromatic carbocycles. The van der Waals surface area contributed by atoms with Gasteiger partial charge in [0.15, 0.2) is 16.6 Å². The molecular weight excluding hydrogens is 528 g/mol. The molecule has 1 aliphatic heterocycles. The summed E-state index contributed by atoms with van der Waals surface area (Å²) in [6.45, 7) is 6.93. The first-order valence-corrected chi connectivity index (χ1v) is 15.0. The van der Waals surface area contributed by atoms with Crippen molar-refractivity contribution in [3.8, 4) is 11.5 Å². The van der Waals surface area contributed by atoms with Gasteiger partial charge in [0.2, 0.25) is 22.7 Å². The van der Waals surface area contributed by atoms with Crippen LogP contribution in [0.2, 0.25) is 0 Å². The van der Waals surface area contributed by atoms with E-state index < -0.39 is 28.1 Å². The minimum Gasteiger partial charge on any atom is -0.454 e. The minimum atomic E-state index is -4.00. The molecule has 9 nitrogen and oxygen atoms in total. The zero-order valence-corrected chi connectivity index (χ0v) is 23.8. The SMILES string of the molecule is CC(=O)SC[C@@H](C)C(=O)N[C@@H](Cc1ccccc1)[C@H](O)CN(CC(C)C)S(=O)(=O)c1ccc2c(c1)OCO2. The van der Waals surface area contributed by atoms with Gasteiger partial charge in [0.05, 0.1) is 17.0 Å². The fourth-order valence-corrected chi connectivity index (χ4v) is 6.27. The first kappa shape index (κ1) is 29.9.